The minimum absolute atomic E-state index is 0.275. The summed E-state index contributed by atoms with van der Waals surface area (Å²) in [7, 11) is 0. The lowest BCUT2D eigenvalue weighted by Gasteiger charge is -1.94. The summed E-state index contributed by atoms with van der Waals surface area (Å²) in [4.78, 5) is 19.4. The van der Waals surface area contributed by atoms with Gasteiger partial charge in [-0.3, -0.25) is 4.79 Å². The normalized spacial score (nSPS) is 9.71. The van der Waals surface area contributed by atoms with Gasteiger partial charge in [0, 0.05) is 12.8 Å². The lowest BCUT2D eigenvalue weighted by atomic mass is 10.1. The Labute approximate surface area is 85.8 Å². The second-order valence-electron chi connectivity index (χ2n) is 3.27. The Balaban J connectivity index is 0. The molecule has 0 saturated heterocycles. The second-order valence-corrected chi connectivity index (χ2v) is 3.27. The third kappa shape index (κ3) is 22.4. The molecule has 0 aromatic heterocycles. The Morgan fingerprint density at radius 3 is 2.14 bits per heavy atom. The van der Waals surface area contributed by atoms with E-state index in [0.29, 0.717) is 6.42 Å². The first-order chi connectivity index (χ1) is 6.54. The highest BCUT2D eigenvalue weighted by molar-refractivity contribution is 5.66. The van der Waals surface area contributed by atoms with Crippen molar-refractivity contribution in [2.75, 3.05) is 0 Å². The van der Waals surface area contributed by atoms with E-state index in [9.17, 15) is 9.59 Å². The van der Waals surface area contributed by atoms with Crippen molar-refractivity contribution in [3.63, 3.8) is 0 Å². The van der Waals surface area contributed by atoms with E-state index in [-0.39, 0.29) is 12.3 Å². The fourth-order valence-corrected chi connectivity index (χ4v) is 0.668. The summed E-state index contributed by atoms with van der Waals surface area (Å²) in [5.41, 5.74) is 0. The molecule has 82 valence electrons. The zero-order valence-corrected chi connectivity index (χ0v) is 9.19. The minimum atomic E-state index is -0.713. The van der Waals surface area contributed by atoms with E-state index in [1.807, 2.05) is 32.9 Å². The van der Waals surface area contributed by atoms with Crippen molar-refractivity contribution in [2.24, 2.45) is 5.92 Å². The van der Waals surface area contributed by atoms with Crippen LogP contribution in [0.3, 0.4) is 0 Å². The lowest BCUT2D eigenvalue weighted by molar-refractivity contribution is -0.137. The van der Waals surface area contributed by atoms with Gasteiger partial charge in [0.25, 0.3) is 0 Å². The smallest absolute Gasteiger partial charge is 0.303 e. The van der Waals surface area contributed by atoms with E-state index < -0.39 is 5.97 Å². The van der Waals surface area contributed by atoms with E-state index >= 15 is 0 Å². The summed E-state index contributed by atoms with van der Waals surface area (Å²) in [6, 6.07) is 0. The first-order valence-corrected chi connectivity index (χ1v) is 4.85. The predicted octanol–water partition coefficient (Wildman–Crippen LogP) is 2.66. The van der Waals surface area contributed by atoms with Crippen LogP contribution in [0, 0.1) is 5.92 Å². The summed E-state index contributed by atoms with van der Waals surface area (Å²) < 4.78 is 0. The Kier molecular flexibility index (Phi) is 13.0. The SMILES string of the molecule is CC(C)CC(=O)O.CC/C=C\CC=O. The maximum atomic E-state index is 9.81. The van der Waals surface area contributed by atoms with Crippen LogP contribution in [0.5, 0.6) is 0 Å². The largest absolute Gasteiger partial charge is 0.481 e. The van der Waals surface area contributed by atoms with Crippen LogP contribution in [-0.2, 0) is 9.59 Å². The van der Waals surface area contributed by atoms with Gasteiger partial charge in [0.2, 0.25) is 0 Å². The van der Waals surface area contributed by atoms with E-state index in [4.69, 9.17) is 5.11 Å². The number of rotatable bonds is 5. The molecular weight excluding hydrogens is 180 g/mol. The first-order valence-electron chi connectivity index (χ1n) is 4.85. The number of carbonyl (C=O) groups is 2. The van der Waals surface area contributed by atoms with Crippen LogP contribution in [0.4, 0.5) is 0 Å². The lowest BCUT2D eigenvalue weighted by Crippen LogP contribution is -1.99. The molecule has 0 aliphatic heterocycles. The van der Waals surface area contributed by atoms with Gasteiger partial charge in [-0.15, -0.1) is 0 Å². The van der Waals surface area contributed by atoms with Crippen LogP contribution in [0.2, 0.25) is 0 Å². The predicted molar refractivity (Wildman–Crippen MR) is 57.2 cm³/mol. The highest BCUT2D eigenvalue weighted by Gasteiger charge is 1.98. The van der Waals surface area contributed by atoms with Crippen molar-refractivity contribution in [3.8, 4) is 0 Å². The zero-order valence-electron chi connectivity index (χ0n) is 9.19. The van der Waals surface area contributed by atoms with E-state index in [0.717, 1.165) is 12.7 Å². The van der Waals surface area contributed by atoms with Crippen LogP contribution >= 0.6 is 0 Å². The zero-order chi connectivity index (χ0) is 11.4. The van der Waals surface area contributed by atoms with Gasteiger partial charge in [0.05, 0.1) is 0 Å². The van der Waals surface area contributed by atoms with E-state index in [1.165, 1.54) is 0 Å². The average molecular weight is 200 g/mol. The van der Waals surface area contributed by atoms with Crippen LogP contribution in [0.25, 0.3) is 0 Å². The standard InChI is InChI=1S/C6H10O.C5H10O2/c1-2-3-4-5-6-7;1-4(2)3-5(6)7/h3-4,6H,2,5H2,1H3;4H,3H2,1-2H3,(H,6,7)/b4-3-;. The second kappa shape index (κ2) is 11.9. The molecule has 1 N–H and O–H groups in total. The molecule has 0 aromatic carbocycles. The summed E-state index contributed by atoms with van der Waals surface area (Å²) in [5.74, 6) is -0.438. The summed E-state index contributed by atoms with van der Waals surface area (Å²) in [5, 5.41) is 8.08. The van der Waals surface area contributed by atoms with Crippen molar-refractivity contribution in [1.29, 1.82) is 0 Å². The fourth-order valence-electron chi connectivity index (χ4n) is 0.668. The van der Waals surface area contributed by atoms with Crippen molar-refractivity contribution >= 4 is 12.3 Å². The molecule has 0 radical (unpaired) electrons. The minimum Gasteiger partial charge on any atom is -0.481 e. The molecule has 3 nitrogen and oxygen atoms in total. The maximum Gasteiger partial charge on any atom is 0.303 e. The quantitative estimate of drug-likeness (QED) is 0.548. The molecule has 0 atom stereocenters. The molecule has 0 amide bonds. The van der Waals surface area contributed by atoms with Crippen LogP contribution < -0.4 is 0 Å². The Morgan fingerprint density at radius 1 is 1.36 bits per heavy atom. The molecule has 0 unspecified atom stereocenters. The summed E-state index contributed by atoms with van der Waals surface area (Å²) in [6.07, 6.45) is 6.61. The summed E-state index contributed by atoms with van der Waals surface area (Å²) >= 11 is 0. The number of carboxylic acids is 1. The van der Waals surface area contributed by atoms with E-state index in [2.05, 4.69) is 0 Å². The van der Waals surface area contributed by atoms with Gasteiger partial charge in [0.1, 0.15) is 6.29 Å². The molecule has 0 aromatic rings. The highest BCUT2D eigenvalue weighted by atomic mass is 16.4. The molecule has 0 fully saturated rings. The van der Waals surface area contributed by atoms with Crippen molar-refractivity contribution in [1.82, 2.24) is 0 Å². The van der Waals surface area contributed by atoms with Crippen LogP contribution in [-0.4, -0.2) is 17.4 Å². The highest BCUT2D eigenvalue weighted by Crippen LogP contribution is 1.96. The molecule has 0 spiro atoms. The number of carboxylic acid groups (broad SMARTS) is 1. The number of aliphatic carboxylic acids is 1. The van der Waals surface area contributed by atoms with Gasteiger partial charge < -0.3 is 9.90 Å². The molecular formula is C11H20O3. The molecule has 14 heavy (non-hydrogen) atoms. The third-order valence-corrected chi connectivity index (χ3v) is 1.22. The van der Waals surface area contributed by atoms with Gasteiger partial charge >= 0.3 is 5.97 Å². The third-order valence-electron chi connectivity index (χ3n) is 1.22. The molecule has 0 bridgehead atoms. The van der Waals surface area contributed by atoms with Crippen molar-refractivity contribution in [2.45, 2.75) is 40.0 Å². The maximum absolute atomic E-state index is 9.81. The van der Waals surface area contributed by atoms with Crippen LogP contribution in [0.15, 0.2) is 12.2 Å². The summed E-state index contributed by atoms with van der Waals surface area (Å²) in [6.45, 7) is 5.81. The number of allylic oxidation sites excluding steroid dienone is 2. The Hall–Kier alpha value is -1.12. The number of hydrogen-bond acceptors (Lipinski definition) is 2. The molecule has 0 rings (SSSR count). The average Bonchev–Trinajstić information content (AvgIpc) is 2.04. The number of carbonyl (C=O) groups excluding carboxylic acids is 1. The Bertz CT molecular complexity index is 171. The molecule has 0 heterocycles. The molecule has 3 heteroatoms. The van der Waals surface area contributed by atoms with Crippen LogP contribution in [0.1, 0.15) is 40.0 Å². The molecule has 0 aliphatic rings. The van der Waals surface area contributed by atoms with Gasteiger partial charge in [-0.05, 0) is 12.3 Å². The van der Waals surface area contributed by atoms with Gasteiger partial charge in [-0.2, -0.15) is 0 Å². The van der Waals surface area contributed by atoms with E-state index in [1.54, 1.807) is 0 Å². The Morgan fingerprint density at radius 2 is 1.93 bits per heavy atom. The number of aldehydes is 1. The first kappa shape index (κ1) is 15.4. The van der Waals surface area contributed by atoms with Crippen molar-refractivity contribution < 1.29 is 14.7 Å². The fraction of sp³-hybridized carbons (Fsp3) is 0.636. The monoisotopic (exact) mass is 200 g/mol. The molecule has 0 aliphatic carbocycles. The topological polar surface area (TPSA) is 54.4 Å². The molecule has 0 saturated carbocycles. The van der Waals surface area contributed by atoms with Gasteiger partial charge in [0.15, 0.2) is 0 Å². The van der Waals surface area contributed by atoms with Crippen molar-refractivity contribution in [3.05, 3.63) is 12.2 Å². The number of hydrogen-bond donors (Lipinski definition) is 1. The van der Waals surface area contributed by atoms with Gasteiger partial charge in [-0.1, -0.05) is 32.9 Å². The van der Waals surface area contributed by atoms with Gasteiger partial charge in [-0.25, -0.2) is 0 Å².